The average molecular weight is 235 g/mol. The number of benzene rings is 1. The largest absolute Gasteiger partial charge is 0.497 e. The van der Waals surface area contributed by atoms with E-state index in [2.05, 4.69) is 0 Å². The van der Waals surface area contributed by atoms with Crippen molar-refractivity contribution in [3.63, 3.8) is 0 Å². The Morgan fingerprint density at radius 3 is 2.82 bits per heavy atom. The van der Waals surface area contributed by atoms with Gasteiger partial charge in [-0.3, -0.25) is 9.63 Å². The fourth-order valence-electron chi connectivity index (χ4n) is 2.27. The van der Waals surface area contributed by atoms with Gasteiger partial charge in [-0.2, -0.15) is 0 Å². The van der Waals surface area contributed by atoms with Crippen LogP contribution in [-0.2, 0) is 16.1 Å². The number of amides is 1. The molecular formula is C13H17NO3. The van der Waals surface area contributed by atoms with Crippen molar-refractivity contribution in [2.24, 2.45) is 0 Å². The van der Waals surface area contributed by atoms with Gasteiger partial charge in [-0.05, 0) is 36.1 Å². The lowest BCUT2D eigenvalue weighted by Gasteiger charge is -2.19. The highest BCUT2D eigenvalue weighted by Gasteiger charge is 2.31. The molecule has 1 aliphatic rings. The minimum atomic E-state index is -0.106. The zero-order valence-electron chi connectivity index (χ0n) is 10.4. The van der Waals surface area contributed by atoms with Gasteiger partial charge in [0.2, 0.25) is 0 Å². The lowest BCUT2D eigenvalue weighted by atomic mass is 10.0. The summed E-state index contributed by atoms with van der Waals surface area (Å²) >= 11 is 0. The predicted octanol–water partition coefficient (Wildman–Crippen LogP) is 1.74. The van der Waals surface area contributed by atoms with Gasteiger partial charge in [0.05, 0.1) is 20.1 Å². The van der Waals surface area contributed by atoms with E-state index in [0.717, 1.165) is 24.2 Å². The number of hydrogen-bond donors (Lipinski definition) is 0. The van der Waals surface area contributed by atoms with Gasteiger partial charge in [0.25, 0.3) is 5.91 Å². The first-order valence-electron chi connectivity index (χ1n) is 5.66. The van der Waals surface area contributed by atoms with Gasteiger partial charge in [-0.15, -0.1) is 0 Å². The van der Waals surface area contributed by atoms with Crippen molar-refractivity contribution in [2.75, 3.05) is 21.3 Å². The second kappa shape index (κ2) is 4.75. The molecule has 2 rings (SSSR count). The molecule has 0 heterocycles. The number of nitrogens with zero attached hydrogens (tertiary/aromatic N) is 1. The number of fused-ring (bicyclic) bond motifs is 1. The third-order valence-electron chi connectivity index (χ3n) is 3.31. The van der Waals surface area contributed by atoms with Crippen LogP contribution in [0.25, 0.3) is 0 Å². The highest BCUT2D eigenvalue weighted by molar-refractivity contribution is 5.84. The van der Waals surface area contributed by atoms with Gasteiger partial charge in [0.15, 0.2) is 0 Å². The van der Waals surface area contributed by atoms with Crippen LogP contribution in [0.3, 0.4) is 0 Å². The molecule has 0 aliphatic heterocycles. The summed E-state index contributed by atoms with van der Waals surface area (Å²) in [6.45, 7) is 0. The van der Waals surface area contributed by atoms with Crippen LogP contribution in [0.4, 0.5) is 0 Å². The Labute approximate surface area is 101 Å². The Bertz CT molecular complexity index is 431. The molecule has 17 heavy (non-hydrogen) atoms. The molecule has 0 bridgehead atoms. The summed E-state index contributed by atoms with van der Waals surface area (Å²) in [7, 11) is 4.77. The van der Waals surface area contributed by atoms with E-state index in [0.29, 0.717) is 0 Å². The summed E-state index contributed by atoms with van der Waals surface area (Å²) in [5.41, 5.74) is 2.30. The van der Waals surface area contributed by atoms with E-state index in [1.54, 1.807) is 14.2 Å². The number of carbonyl (C=O) groups is 1. The van der Waals surface area contributed by atoms with Crippen LogP contribution < -0.4 is 4.74 Å². The molecule has 1 unspecified atom stereocenters. The van der Waals surface area contributed by atoms with Gasteiger partial charge < -0.3 is 4.74 Å². The smallest absolute Gasteiger partial charge is 0.253 e. The van der Waals surface area contributed by atoms with E-state index in [4.69, 9.17) is 9.57 Å². The SMILES string of the molecule is COc1ccc2c(c1)C(C(=O)N(C)OC)CC2. The summed E-state index contributed by atoms with van der Waals surface area (Å²) in [4.78, 5) is 17.0. The van der Waals surface area contributed by atoms with Crippen molar-refractivity contribution >= 4 is 5.91 Å². The minimum absolute atomic E-state index is 0.000460. The minimum Gasteiger partial charge on any atom is -0.497 e. The van der Waals surface area contributed by atoms with E-state index in [9.17, 15) is 4.79 Å². The van der Waals surface area contributed by atoms with Crippen molar-refractivity contribution in [3.05, 3.63) is 29.3 Å². The van der Waals surface area contributed by atoms with E-state index >= 15 is 0 Å². The monoisotopic (exact) mass is 235 g/mol. The van der Waals surface area contributed by atoms with Crippen LogP contribution >= 0.6 is 0 Å². The van der Waals surface area contributed by atoms with Gasteiger partial charge in [-0.25, -0.2) is 5.06 Å². The fraction of sp³-hybridized carbons (Fsp3) is 0.462. The van der Waals surface area contributed by atoms with Crippen LogP contribution in [-0.4, -0.2) is 32.2 Å². The topological polar surface area (TPSA) is 38.8 Å². The summed E-state index contributed by atoms with van der Waals surface area (Å²) in [6, 6.07) is 5.92. The second-order valence-corrected chi connectivity index (χ2v) is 4.17. The predicted molar refractivity (Wildman–Crippen MR) is 63.8 cm³/mol. The Kier molecular flexibility index (Phi) is 3.33. The summed E-state index contributed by atoms with van der Waals surface area (Å²) < 4.78 is 5.20. The first kappa shape index (κ1) is 11.9. The fourth-order valence-corrected chi connectivity index (χ4v) is 2.27. The quantitative estimate of drug-likeness (QED) is 0.749. The standard InChI is InChI=1S/C13H17NO3/c1-14(17-3)13(15)11-7-5-9-4-6-10(16-2)8-12(9)11/h4,6,8,11H,5,7H2,1-3H3. The van der Waals surface area contributed by atoms with Crippen LogP contribution in [0, 0.1) is 0 Å². The number of carbonyl (C=O) groups excluding carboxylic acids is 1. The van der Waals surface area contributed by atoms with Gasteiger partial charge >= 0.3 is 0 Å². The van der Waals surface area contributed by atoms with Crippen LogP contribution in [0.2, 0.25) is 0 Å². The van der Waals surface area contributed by atoms with Crippen molar-refractivity contribution in [3.8, 4) is 5.75 Å². The molecule has 1 aliphatic carbocycles. The Morgan fingerprint density at radius 2 is 2.18 bits per heavy atom. The Morgan fingerprint density at radius 1 is 1.41 bits per heavy atom. The summed E-state index contributed by atoms with van der Waals surface area (Å²) in [5.74, 6) is 0.688. The Balaban J connectivity index is 2.29. The van der Waals surface area contributed by atoms with Gasteiger partial charge in [0.1, 0.15) is 5.75 Å². The molecule has 1 aromatic rings. The number of hydrogen-bond acceptors (Lipinski definition) is 3. The number of rotatable bonds is 3. The number of methoxy groups -OCH3 is 1. The summed E-state index contributed by atoms with van der Waals surface area (Å²) in [5, 5.41) is 1.29. The molecule has 0 fully saturated rings. The molecule has 1 atom stereocenters. The van der Waals surface area contributed by atoms with Crippen molar-refractivity contribution in [2.45, 2.75) is 18.8 Å². The number of ether oxygens (including phenoxy) is 1. The molecule has 0 saturated carbocycles. The van der Waals surface area contributed by atoms with E-state index in [1.165, 1.54) is 17.7 Å². The molecule has 0 saturated heterocycles. The molecule has 0 N–H and O–H groups in total. The maximum absolute atomic E-state index is 12.1. The molecule has 0 aromatic heterocycles. The zero-order chi connectivity index (χ0) is 12.4. The van der Waals surface area contributed by atoms with E-state index in [-0.39, 0.29) is 11.8 Å². The highest BCUT2D eigenvalue weighted by atomic mass is 16.7. The van der Waals surface area contributed by atoms with Crippen LogP contribution in [0.15, 0.2) is 18.2 Å². The average Bonchev–Trinajstić information content (AvgIpc) is 2.79. The maximum atomic E-state index is 12.1. The number of likely N-dealkylation sites (N-methyl/N-ethyl adjacent to an activating group) is 1. The highest BCUT2D eigenvalue weighted by Crippen LogP contribution is 2.36. The number of hydroxylamine groups is 2. The lowest BCUT2D eigenvalue weighted by molar-refractivity contribution is -0.170. The maximum Gasteiger partial charge on any atom is 0.253 e. The summed E-state index contributed by atoms with van der Waals surface area (Å²) in [6.07, 6.45) is 1.78. The molecular weight excluding hydrogens is 218 g/mol. The van der Waals surface area contributed by atoms with Gasteiger partial charge in [0, 0.05) is 7.05 Å². The molecule has 0 spiro atoms. The third-order valence-corrected chi connectivity index (χ3v) is 3.31. The molecule has 1 amide bonds. The molecule has 1 aromatic carbocycles. The van der Waals surface area contributed by atoms with E-state index in [1.807, 2.05) is 18.2 Å². The van der Waals surface area contributed by atoms with Crippen LogP contribution in [0.1, 0.15) is 23.5 Å². The first-order chi connectivity index (χ1) is 8.17. The van der Waals surface area contributed by atoms with E-state index < -0.39 is 0 Å². The molecule has 92 valence electrons. The lowest BCUT2D eigenvalue weighted by Crippen LogP contribution is -2.29. The first-order valence-corrected chi connectivity index (χ1v) is 5.66. The normalized spacial score (nSPS) is 17.7. The molecule has 4 nitrogen and oxygen atoms in total. The van der Waals surface area contributed by atoms with Crippen molar-refractivity contribution < 1.29 is 14.4 Å². The van der Waals surface area contributed by atoms with Crippen molar-refractivity contribution in [1.82, 2.24) is 5.06 Å². The number of aryl methyl sites for hydroxylation is 1. The molecule has 4 heteroatoms. The molecule has 0 radical (unpaired) electrons. The second-order valence-electron chi connectivity index (χ2n) is 4.17. The van der Waals surface area contributed by atoms with Gasteiger partial charge in [-0.1, -0.05) is 6.07 Å². The van der Waals surface area contributed by atoms with Crippen LogP contribution in [0.5, 0.6) is 5.75 Å². The zero-order valence-corrected chi connectivity index (χ0v) is 10.4. The van der Waals surface area contributed by atoms with Crippen molar-refractivity contribution in [1.29, 1.82) is 0 Å². The third kappa shape index (κ3) is 2.13. The Hall–Kier alpha value is -1.55.